The molecule has 116 valence electrons. The van der Waals surface area contributed by atoms with Crippen LogP contribution in [0.1, 0.15) is 50.2 Å². The molecule has 5 heteroatoms. The number of halogens is 1. The molecule has 0 aromatic heterocycles. The molecule has 1 aliphatic carbocycles. The van der Waals surface area contributed by atoms with E-state index in [1.54, 1.807) is 12.1 Å². The summed E-state index contributed by atoms with van der Waals surface area (Å²) in [5.74, 6) is -0.572. The fourth-order valence-corrected chi connectivity index (χ4v) is 3.12. The largest absolute Gasteiger partial charge is 0.409 e. The van der Waals surface area contributed by atoms with Crippen LogP contribution in [0.15, 0.2) is 23.4 Å². The second kappa shape index (κ2) is 7.41. The lowest BCUT2D eigenvalue weighted by Crippen LogP contribution is -2.36. The summed E-state index contributed by atoms with van der Waals surface area (Å²) in [6, 6.07) is 5.59. The first-order chi connectivity index (χ1) is 10.2. The molecule has 2 rings (SSSR count). The molecule has 3 N–H and O–H groups in total. The Morgan fingerprint density at radius 1 is 1.38 bits per heavy atom. The minimum Gasteiger partial charge on any atom is -0.409 e. The van der Waals surface area contributed by atoms with E-state index in [9.17, 15) is 4.39 Å². The second-order valence-electron chi connectivity index (χ2n) is 5.62. The topological polar surface area (TPSA) is 61.8 Å². The van der Waals surface area contributed by atoms with Gasteiger partial charge in [-0.1, -0.05) is 43.5 Å². The van der Waals surface area contributed by atoms with E-state index in [2.05, 4.69) is 17.0 Å². The molecule has 1 aromatic carbocycles. The third-order valence-electron chi connectivity index (χ3n) is 4.33. The molecule has 0 spiro atoms. The Labute approximate surface area is 125 Å². The molecule has 1 saturated carbocycles. The highest BCUT2D eigenvalue weighted by atomic mass is 19.1. The van der Waals surface area contributed by atoms with Crippen LogP contribution in [0, 0.1) is 5.82 Å². The third kappa shape index (κ3) is 3.73. The summed E-state index contributed by atoms with van der Waals surface area (Å²) in [6.45, 7) is 3.58. The minimum atomic E-state index is -0.387. The third-order valence-corrected chi connectivity index (χ3v) is 4.33. The number of hydrogen-bond donors (Lipinski definition) is 2. The highest BCUT2D eigenvalue weighted by molar-refractivity contribution is 5.97. The van der Waals surface area contributed by atoms with Crippen LogP contribution in [-0.4, -0.2) is 28.5 Å². The molecule has 0 unspecified atom stereocenters. The molecule has 1 aliphatic rings. The van der Waals surface area contributed by atoms with Crippen molar-refractivity contribution in [3.05, 3.63) is 35.1 Å². The zero-order valence-corrected chi connectivity index (χ0v) is 12.6. The van der Waals surface area contributed by atoms with E-state index in [1.807, 2.05) is 0 Å². The monoisotopic (exact) mass is 293 g/mol. The maximum absolute atomic E-state index is 14.5. The quantitative estimate of drug-likeness (QED) is 0.379. The van der Waals surface area contributed by atoms with Gasteiger partial charge in [-0.05, 0) is 25.5 Å². The van der Waals surface area contributed by atoms with Crippen molar-refractivity contribution < 1.29 is 9.60 Å². The maximum atomic E-state index is 14.5. The number of hydrogen-bond acceptors (Lipinski definition) is 3. The average Bonchev–Trinajstić information content (AvgIpc) is 2.54. The lowest BCUT2D eigenvalue weighted by Gasteiger charge is -2.33. The summed E-state index contributed by atoms with van der Waals surface area (Å²) in [5, 5.41) is 11.6. The summed E-state index contributed by atoms with van der Waals surface area (Å²) in [4.78, 5) is 2.33. The molecule has 0 amide bonds. The van der Waals surface area contributed by atoms with Gasteiger partial charge in [0.25, 0.3) is 0 Å². The summed E-state index contributed by atoms with van der Waals surface area (Å²) in [5.41, 5.74) is 6.28. The van der Waals surface area contributed by atoms with Gasteiger partial charge in [0.05, 0.1) is 5.56 Å². The predicted octanol–water partition coefficient (Wildman–Crippen LogP) is 3.07. The van der Waals surface area contributed by atoms with E-state index in [4.69, 9.17) is 10.9 Å². The molecule has 1 fully saturated rings. The number of amidine groups is 1. The molecule has 4 nitrogen and oxygen atoms in total. The van der Waals surface area contributed by atoms with E-state index in [-0.39, 0.29) is 17.2 Å². The molecule has 0 atom stereocenters. The molecule has 0 radical (unpaired) electrons. The van der Waals surface area contributed by atoms with Crippen molar-refractivity contribution in [2.24, 2.45) is 10.9 Å². The van der Waals surface area contributed by atoms with Gasteiger partial charge in [0.2, 0.25) is 0 Å². The van der Waals surface area contributed by atoms with Gasteiger partial charge < -0.3 is 10.9 Å². The van der Waals surface area contributed by atoms with Crippen molar-refractivity contribution >= 4 is 5.84 Å². The van der Waals surface area contributed by atoms with E-state index < -0.39 is 0 Å². The van der Waals surface area contributed by atoms with Crippen LogP contribution < -0.4 is 5.73 Å². The van der Waals surface area contributed by atoms with E-state index in [0.29, 0.717) is 18.2 Å². The number of nitrogens with zero attached hydrogens (tertiary/aromatic N) is 2. The Morgan fingerprint density at radius 2 is 2.10 bits per heavy atom. The molecule has 0 saturated heterocycles. The van der Waals surface area contributed by atoms with Crippen LogP contribution in [-0.2, 0) is 6.54 Å². The van der Waals surface area contributed by atoms with Crippen molar-refractivity contribution in [3.8, 4) is 0 Å². The molecule has 0 bridgehead atoms. The smallest absolute Gasteiger partial charge is 0.173 e. The lowest BCUT2D eigenvalue weighted by atomic mass is 9.93. The van der Waals surface area contributed by atoms with E-state index >= 15 is 0 Å². The van der Waals surface area contributed by atoms with E-state index in [1.165, 1.54) is 38.2 Å². The molecule has 0 aliphatic heterocycles. The number of rotatable bonds is 5. The van der Waals surface area contributed by atoms with Gasteiger partial charge >= 0.3 is 0 Å². The number of benzene rings is 1. The first-order valence-electron chi connectivity index (χ1n) is 7.66. The first kappa shape index (κ1) is 15.8. The van der Waals surface area contributed by atoms with Gasteiger partial charge in [-0.3, -0.25) is 4.90 Å². The van der Waals surface area contributed by atoms with Crippen LogP contribution in [0.3, 0.4) is 0 Å². The highest BCUT2D eigenvalue weighted by Crippen LogP contribution is 2.25. The molecular formula is C16H24FN3O. The van der Waals surface area contributed by atoms with Gasteiger partial charge in [0, 0.05) is 18.2 Å². The first-order valence-corrected chi connectivity index (χ1v) is 7.66. The van der Waals surface area contributed by atoms with Crippen molar-refractivity contribution in [3.63, 3.8) is 0 Å². The number of oxime groups is 1. The summed E-state index contributed by atoms with van der Waals surface area (Å²) < 4.78 is 14.5. The van der Waals surface area contributed by atoms with Crippen LogP contribution in [0.25, 0.3) is 0 Å². The van der Waals surface area contributed by atoms with Crippen molar-refractivity contribution in [1.29, 1.82) is 0 Å². The van der Waals surface area contributed by atoms with Crippen molar-refractivity contribution in [1.82, 2.24) is 4.90 Å². The molecule has 0 heterocycles. The van der Waals surface area contributed by atoms with Crippen molar-refractivity contribution in [2.75, 3.05) is 6.54 Å². The normalized spacial score (nSPS) is 17.4. The lowest BCUT2D eigenvalue weighted by molar-refractivity contribution is 0.154. The Bertz CT molecular complexity index is 498. The van der Waals surface area contributed by atoms with E-state index in [0.717, 1.165) is 6.54 Å². The number of nitrogens with two attached hydrogens (primary N) is 1. The Balaban J connectivity index is 2.17. The Morgan fingerprint density at radius 3 is 2.71 bits per heavy atom. The SMILES string of the molecule is CCN(Cc1cccc(/C(N)=N/O)c1F)C1CCCCC1. The van der Waals surface area contributed by atoms with Gasteiger partial charge in [-0.2, -0.15) is 0 Å². The minimum absolute atomic E-state index is 0.162. The molecule has 21 heavy (non-hydrogen) atoms. The van der Waals surface area contributed by atoms with Gasteiger partial charge in [0.15, 0.2) is 5.84 Å². The van der Waals surface area contributed by atoms with Crippen LogP contribution in [0.4, 0.5) is 4.39 Å². The van der Waals surface area contributed by atoms with Crippen LogP contribution in [0.2, 0.25) is 0 Å². The van der Waals surface area contributed by atoms with Crippen LogP contribution in [0.5, 0.6) is 0 Å². The molecular weight excluding hydrogens is 269 g/mol. The van der Waals surface area contributed by atoms with Crippen LogP contribution >= 0.6 is 0 Å². The molecule has 1 aromatic rings. The second-order valence-corrected chi connectivity index (χ2v) is 5.62. The van der Waals surface area contributed by atoms with Gasteiger partial charge in [-0.15, -0.1) is 0 Å². The summed E-state index contributed by atoms with van der Waals surface area (Å²) >= 11 is 0. The summed E-state index contributed by atoms with van der Waals surface area (Å²) in [7, 11) is 0. The zero-order valence-electron chi connectivity index (χ0n) is 12.6. The Kier molecular flexibility index (Phi) is 5.56. The van der Waals surface area contributed by atoms with Gasteiger partial charge in [0.1, 0.15) is 5.82 Å². The predicted molar refractivity (Wildman–Crippen MR) is 81.9 cm³/mol. The summed E-state index contributed by atoms with van der Waals surface area (Å²) in [6.07, 6.45) is 6.20. The highest BCUT2D eigenvalue weighted by Gasteiger charge is 2.21. The zero-order chi connectivity index (χ0) is 15.2. The maximum Gasteiger partial charge on any atom is 0.173 e. The average molecular weight is 293 g/mol. The fourth-order valence-electron chi connectivity index (χ4n) is 3.12. The van der Waals surface area contributed by atoms with Crippen molar-refractivity contribution in [2.45, 2.75) is 51.6 Å². The fraction of sp³-hybridized carbons (Fsp3) is 0.562. The Hall–Kier alpha value is -1.62. The standard InChI is InChI=1S/C16H24FN3O/c1-2-20(13-8-4-3-5-9-13)11-12-7-6-10-14(15(12)17)16(18)19-21/h6-7,10,13,21H,2-5,8-9,11H2,1H3,(H2,18,19). The van der Waals surface area contributed by atoms with Gasteiger partial charge in [-0.25, -0.2) is 4.39 Å².